The van der Waals surface area contributed by atoms with Gasteiger partial charge in [-0.1, -0.05) is 43.7 Å². The number of aliphatic hydroxyl groups is 1. The van der Waals surface area contributed by atoms with E-state index in [9.17, 15) is 14.7 Å². The Labute approximate surface area is 265 Å². The first-order valence-electron chi connectivity index (χ1n) is 15.2. The second-order valence-corrected chi connectivity index (χ2v) is 12.7. The van der Waals surface area contributed by atoms with Crippen LogP contribution in [-0.4, -0.2) is 54.3 Å². The van der Waals surface area contributed by atoms with E-state index in [1.165, 1.54) is 7.11 Å². The smallest absolute Gasteiger partial charge is 0.323 e. The normalized spacial score (nSPS) is 18.4. The molecule has 1 aromatic heterocycles. The van der Waals surface area contributed by atoms with Crippen LogP contribution < -0.4 is 25.7 Å². The first-order chi connectivity index (χ1) is 21.1. The summed E-state index contributed by atoms with van der Waals surface area (Å²) in [6.07, 6.45) is -0.373. The molecule has 1 aliphatic rings. The van der Waals surface area contributed by atoms with E-state index in [-0.39, 0.29) is 31.1 Å². The fraction of sp³-hybridized carbons (Fsp3) is 0.457. The molecule has 2 aromatic carbocycles. The molecule has 0 saturated heterocycles. The van der Waals surface area contributed by atoms with Crippen molar-refractivity contribution in [2.75, 3.05) is 20.3 Å². The number of hydrogen-bond donors (Lipinski definition) is 3. The molecule has 10 heteroatoms. The number of ketones is 1. The quantitative estimate of drug-likeness (QED) is 0.179. The molecule has 4 rings (SSSR count). The number of nitrogens with two attached hydrogens (primary N) is 2. The minimum Gasteiger partial charge on any atom is -0.493 e. The highest BCUT2D eigenvalue weighted by molar-refractivity contribution is 5.96. The molecule has 45 heavy (non-hydrogen) atoms. The lowest BCUT2D eigenvalue weighted by Gasteiger charge is -2.25. The number of carbonyl (C=O) groups is 2. The summed E-state index contributed by atoms with van der Waals surface area (Å²) in [5.74, 6) is 0.649. The number of benzene rings is 2. The van der Waals surface area contributed by atoms with E-state index < -0.39 is 29.3 Å². The number of rotatable bonds is 13. The molecule has 0 spiro atoms. The third-order valence-corrected chi connectivity index (χ3v) is 8.09. The number of aryl methyl sites for hydroxylation is 1. The number of aromatic nitrogens is 1. The highest BCUT2D eigenvalue weighted by Crippen LogP contribution is 2.44. The van der Waals surface area contributed by atoms with E-state index in [0.717, 1.165) is 16.7 Å². The lowest BCUT2D eigenvalue weighted by molar-refractivity contribution is -0.152. The Morgan fingerprint density at radius 2 is 1.80 bits per heavy atom. The summed E-state index contributed by atoms with van der Waals surface area (Å²) in [4.78, 5) is 30.3. The van der Waals surface area contributed by atoms with Crippen molar-refractivity contribution >= 4 is 11.8 Å². The molecule has 0 amide bonds. The molecule has 1 aliphatic heterocycles. The summed E-state index contributed by atoms with van der Waals surface area (Å²) in [5.41, 5.74) is 14.4. The van der Waals surface area contributed by atoms with Crippen LogP contribution in [0.4, 0.5) is 0 Å². The Morgan fingerprint density at radius 1 is 1.11 bits per heavy atom. The third kappa shape index (κ3) is 7.81. The van der Waals surface area contributed by atoms with Gasteiger partial charge < -0.3 is 35.5 Å². The van der Waals surface area contributed by atoms with Gasteiger partial charge in [0.05, 0.1) is 18.3 Å². The maximum absolute atomic E-state index is 13.3. The molecule has 242 valence electrons. The van der Waals surface area contributed by atoms with E-state index in [4.69, 9.17) is 35.4 Å². The average Bonchev–Trinajstić information content (AvgIpc) is 3.32. The summed E-state index contributed by atoms with van der Waals surface area (Å²) >= 11 is 0. The van der Waals surface area contributed by atoms with Gasteiger partial charge in [0.15, 0.2) is 23.0 Å². The van der Waals surface area contributed by atoms with Crippen LogP contribution in [0.2, 0.25) is 0 Å². The van der Waals surface area contributed by atoms with Crippen LogP contribution in [0.3, 0.4) is 0 Å². The minimum atomic E-state index is -1.43. The van der Waals surface area contributed by atoms with Crippen molar-refractivity contribution in [3.05, 3.63) is 70.9 Å². The van der Waals surface area contributed by atoms with Crippen LogP contribution in [-0.2, 0) is 20.7 Å². The fourth-order valence-electron chi connectivity index (χ4n) is 4.97. The van der Waals surface area contributed by atoms with Gasteiger partial charge in [-0.15, -0.1) is 0 Å². The third-order valence-electron chi connectivity index (χ3n) is 8.09. The van der Waals surface area contributed by atoms with Gasteiger partial charge in [-0.2, -0.15) is 0 Å². The largest absolute Gasteiger partial charge is 0.493 e. The number of carbonyl (C=O) groups excluding carboxylic acids is 2. The highest BCUT2D eigenvalue weighted by atomic mass is 16.6. The first kappa shape index (κ1) is 33.9. The molecule has 2 heterocycles. The van der Waals surface area contributed by atoms with Crippen LogP contribution in [0.15, 0.2) is 48.5 Å². The fourth-order valence-corrected chi connectivity index (χ4v) is 4.97. The summed E-state index contributed by atoms with van der Waals surface area (Å²) in [7, 11) is 1.48. The zero-order valence-electron chi connectivity index (χ0n) is 27.2. The number of nitrogens with zero attached hydrogens (tertiary/aromatic N) is 1. The minimum absolute atomic E-state index is 0.0448. The van der Waals surface area contributed by atoms with Gasteiger partial charge in [-0.25, -0.2) is 4.98 Å². The molecule has 0 bridgehead atoms. The highest BCUT2D eigenvalue weighted by Gasteiger charge is 2.38. The van der Waals surface area contributed by atoms with Crippen LogP contribution >= 0.6 is 0 Å². The van der Waals surface area contributed by atoms with Gasteiger partial charge in [0.2, 0.25) is 0 Å². The summed E-state index contributed by atoms with van der Waals surface area (Å²) in [5, 5.41) is 11.6. The SMILES string of the molecule is COc1cc(C(=O)CCC(C)(O)c2cc3c(c(-c4ccc(C)cc4)n2)OCC3(C)N)ccc1OCC(C)OC(=O)C(N)C(C)C. The lowest BCUT2D eigenvalue weighted by Crippen LogP contribution is -2.39. The number of fused-ring (bicyclic) bond motifs is 1. The summed E-state index contributed by atoms with van der Waals surface area (Å²) in [6, 6.07) is 13.9. The van der Waals surface area contributed by atoms with Crippen LogP contribution in [0, 0.1) is 12.8 Å². The zero-order valence-corrected chi connectivity index (χ0v) is 27.2. The molecule has 0 aliphatic carbocycles. The van der Waals surface area contributed by atoms with E-state index >= 15 is 0 Å². The first-order valence-corrected chi connectivity index (χ1v) is 15.2. The van der Waals surface area contributed by atoms with Crippen molar-refractivity contribution < 1.29 is 33.6 Å². The average molecular weight is 620 g/mol. The molecular formula is C35H45N3O7. The van der Waals surface area contributed by atoms with Gasteiger partial charge in [0.25, 0.3) is 0 Å². The van der Waals surface area contributed by atoms with Crippen molar-refractivity contribution in [3.8, 4) is 28.5 Å². The van der Waals surface area contributed by atoms with Crippen molar-refractivity contribution in [3.63, 3.8) is 0 Å². The van der Waals surface area contributed by atoms with Gasteiger partial charge in [0, 0.05) is 23.1 Å². The second kappa shape index (κ2) is 13.6. The van der Waals surface area contributed by atoms with Crippen molar-refractivity contribution in [1.29, 1.82) is 0 Å². The van der Waals surface area contributed by atoms with Gasteiger partial charge in [0.1, 0.15) is 36.7 Å². The number of Topliss-reactive ketones (excluding diaryl/α,β-unsaturated/α-hetero) is 1. The molecule has 0 saturated carbocycles. The number of pyridine rings is 1. The molecule has 4 atom stereocenters. The Bertz CT molecular complexity index is 1530. The molecule has 3 aromatic rings. The number of ether oxygens (including phenoxy) is 4. The maximum Gasteiger partial charge on any atom is 0.323 e. The standard InChI is InChI=1S/C35H45N3O7/c1-20(2)30(36)33(40)45-22(4)18-43-27-13-12-24(16-28(27)42-7)26(39)14-15-35(6,41)29-17-25-32(44-19-34(25,5)37)31(38-29)23-10-8-21(3)9-11-23/h8-13,16-17,20,22,30,41H,14-15,18-19,36-37H2,1-7H3. The molecule has 10 nitrogen and oxygen atoms in total. The molecule has 5 N–H and O–H groups in total. The van der Waals surface area contributed by atoms with Crippen molar-refractivity contribution in [2.24, 2.45) is 17.4 Å². The lowest BCUT2D eigenvalue weighted by atomic mass is 9.88. The van der Waals surface area contributed by atoms with Crippen molar-refractivity contribution in [1.82, 2.24) is 4.98 Å². The van der Waals surface area contributed by atoms with Crippen LogP contribution in [0.1, 0.15) is 74.6 Å². The Morgan fingerprint density at radius 3 is 2.44 bits per heavy atom. The second-order valence-electron chi connectivity index (χ2n) is 12.7. The monoisotopic (exact) mass is 619 g/mol. The van der Waals surface area contributed by atoms with E-state index in [1.54, 1.807) is 38.1 Å². The summed E-state index contributed by atoms with van der Waals surface area (Å²) < 4.78 is 22.6. The number of methoxy groups -OCH3 is 1. The van der Waals surface area contributed by atoms with Gasteiger partial charge >= 0.3 is 5.97 Å². The van der Waals surface area contributed by atoms with Crippen LogP contribution in [0.25, 0.3) is 11.3 Å². The van der Waals surface area contributed by atoms with E-state index in [2.05, 4.69) is 0 Å². The van der Waals surface area contributed by atoms with Crippen LogP contribution in [0.5, 0.6) is 17.2 Å². The Balaban J connectivity index is 1.46. The van der Waals surface area contributed by atoms with E-state index in [0.29, 0.717) is 40.8 Å². The number of hydrogen-bond acceptors (Lipinski definition) is 10. The molecular weight excluding hydrogens is 574 g/mol. The topological polar surface area (TPSA) is 156 Å². The van der Waals surface area contributed by atoms with Gasteiger partial charge in [-0.3, -0.25) is 9.59 Å². The maximum atomic E-state index is 13.3. The summed E-state index contributed by atoms with van der Waals surface area (Å²) in [6.45, 7) is 11.3. The predicted octanol–water partition coefficient (Wildman–Crippen LogP) is 4.80. The van der Waals surface area contributed by atoms with Crippen molar-refractivity contribution in [2.45, 2.75) is 77.7 Å². The van der Waals surface area contributed by atoms with Gasteiger partial charge in [-0.05, 0) is 64.3 Å². The van der Waals surface area contributed by atoms with E-state index in [1.807, 2.05) is 52.0 Å². The predicted molar refractivity (Wildman–Crippen MR) is 171 cm³/mol. The molecule has 0 fully saturated rings. The zero-order chi connectivity index (χ0) is 33.1. The molecule has 0 radical (unpaired) electrons. The molecule has 4 unspecified atom stereocenters. The Hall–Kier alpha value is -3.99. The Kier molecular flexibility index (Phi) is 10.2. The number of esters is 1.